The molecule has 2 heteroatoms. The SMILES string of the molecule is CCCCCCc1nc(C2CC2)c(C)[nH]1. The van der Waals surface area contributed by atoms with Gasteiger partial charge in [0.25, 0.3) is 0 Å². The predicted molar refractivity (Wildman–Crippen MR) is 63.1 cm³/mol. The van der Waals surface area contributed by atoms with Crippen molar-refractivity contribution in [2.24, 2.45) is 0 Å². The number of rotatable bonds is 6. The van der Waals surface area contributed by atoms with Crippen LogP contribution in [-0.4, -0.2) is 9.97 Å². The number of aromatic amines is 1. The smallest absolute Gasteiger partial charge is 0.106 e. The van der Waals surface area contributed by atoms with Crippen LogP contribution in [0.3, 0.4) is 0 Å². The van der Waals surface area contributed by atoms with E-state index in [2.05, 4.69) is 18.8 Å². The number of unbranched alkanes of at least 4 members (excludes halogenated alkanes) is 3. The lowest BCUT2D eigenvalue weighted by Gasteiger charge is -1.96. The number of hydrogen-bond donors (Lipinski definition) is 1. The number of aromatic nitrogens is 2. The van der Waals surface area contributed by atoms with Gasteiger partial charge in [0.05, 0.1) is 5.69 Å². The van der Waals surface area contributed by atoms with E-state index in [4.69, 9.17) is 4.98 Å². The molecule has 1 aliphatic rings. The van der Waals surface area contributed by atoms with Gasteiger partial charge in [-0.1, -0.05) is 26.2 Å². The van der Waals surface area contributed by atoms with Crippen LogP contribution in [0.5, 0.6) is 0 Å². The molecule has 0 atom stereocenters. The average molecular weight is 206 g/mol. The van der Waals surface area contributed by atoms with Gasteiger partial charge < -0.3 is 4.98 Å². The number of nitrogens with zero attached hydrogens (tertiary/aromatic N) is 1. The second kappa shape index (κ2) is 4.82. The van der Waals surface area contributed by atoms with Gasteiger partial charge in [0.1, 0.15) is 5.82 Å². The first-order valence-corrected chi connectivity index (χ1v) is 6.36. The van der Waals surface area contributed by atoms with Crippen LogP contribution in [0.2, 0.25) is 0 Å². The fraction of sp³-hybridized carbons (Fsp3) is 0.769. The highest BCUT2D eigenvalue weighted by atomic mass is 14.9. The van der Waals surface area contributed by atoms with Crippen LogP contribution >= 0.6 is 0 Å². The summed E-state index contributed by atoms with van der Waals surface area (Å²) in [4.78, 5) is 8.15. The first kappa shape index (κ1) is 10.7. The second-order valence-corrected chi connectivity index (χ2v) is 4.78. The Morgan fingerprint density at radius 3 is 2.73 bits per heavy atom. The van der Waals surface area contributed by atoms with Crippen molar-refractivity contribution < 1.29 is 0 Å². The fourth-order valence-corrected chi connectivity index (χ4v) is 2.13. The van der Waals surface area contributed by atoms with Crippen LogP contribution in [0.15, 0.2) is 0 Å². The molecular formula is C13H22N2. The normalized spacial score (nSPS) is 15.9. The molecule has 0 unspecified atom stereocenters. The second-order valence-electron chi connectivity index (χ2n) is 4.78. The molecule has 1 heterocycles. The molecule has 1 N–H and O–H groups in total. The van der Waals surface area contributed by atoms with Gasteiger partial charge in [0, 0.05) is 18.0 Å². The van der Waals surface area contributed by atoms with E-state index >= 15 is 0 Å². The van der Waals surface area contributed by atoms with E-state index in [0.29, 0.717) is 0 Å². The Labute approximate surface area is 92.5 Å². The predicted octanol–water partition coefficient (Wildman–Crippen LogP) is 3.72. The molecule has 1 saturated carbocycles. The maximum absolute atomic E-state index is 4.71. The molecule has 0 saturated heterocycles. The van der Waals surface area contributed by atoms with Crippen LogP contribution < -0.4 is 0 Å². The number of H-pyrrole nitrogens is 1. The quantitative estimate of drug-likeness (QED) is 0.706. The van der Waals surface area contributed by atoms with Crippen molar-refractivity contribution in [1.82, 2.24) is 9.97 Å². The number of hydrogen-bond acceptors (Lipinski definition) is 1. The molecule has 0 amide bonds. The molecule has 1 aliphatic carbocycles. The van der Waals surface area contributed by atoms with E-state index in [1.54, 1.807) is 0 Å². The standard InChI is InChI=1S/C13H22N2/c1-3-4-5-6-7-12-14-10(2)13(15-12)11-8-9-11/h11H,3-9H2,1-2H3,(H,14,15). The van der Waals surface area contributed by atoms with E-state index in [1.165, 1.54) is 55.7 Å². The van der Waals surface area contributed by atoms with E-state index in [-0.39, 0.29) is 0 Å². The zero-order valence-electron chi connectivity index (χ0n) is 9.97. The summed E-state index contributed by atoms with van der Waals surface area (Å²) in [6.45, 7) is 4.42. The van der Waals surface area contributed by atoms with Crippen LogP contribution in [0.4, 0.5) is 0 Å². The van der Waals surface area contributed by atoms with Crippen molar-refractivity contribution in [2.45, 2.75) is 64.7 Å². The summed E-state index contributed by atoms with van der Waals surface area (Å²) in [5.41, 5.74) is 2.66. The van der Waals surface area contributed by atoms with Crippen LogP contribution in [-0.2, 0) is 6.42 Å². The van der Waals surface area contributed by atoms with E-state index in [0.717, 1.165) is 12.3 Å². The Bertz CT molecular complexity index is 310. The minimum Gasteiger partial charge on any atom is -0.346 e. The summed E-state index contributed by atoms with van der Waals surface area (Å²) in [5, 5.41) is 0. The third-order valence-corrected chi connectivity index (χ3v) is 3.20. The van der Waals surface area contributed by atoms with Gasteiger partial charge in [-0.05, 0) is 26.2 Å². The molecule has 1 fully saturated rings. The Kier molecular flexibility index (Phi) is 3.45. The maximum atomic E-state index is 4.71. The van der Waals surface area contributed by atoms with Crippen LogP contribution in [0.1, 0.15) is 68.6 Å². The first-order valence-electron chi connectivity index (χ1n) is 6.36. The highest BCUT2D eigenvalue weighted by Gasteiger charge is 2.27. The summed E-state index contributed by atoms with van der Waals surface area (Å²) in [7, 11) is 0. The molecule has 2 rings (SSSR count). The minimum atomic E-state index is 0.783. The molecule has 2 nitrogen and oxygen atoms in total. The summed E-state index contributed by atoms with van der Waals surface area (Å²) in [6.07, 6.45) is 9.12. The molecule has 1 aromatic rings. The molecule has 0 spiro atoms. The van der Waals surface area contributed by atoms with Gasteiger partial charge in [0.2, 0.25) is 0 Å². The minimum absolute atomic E-state index is 0.783. The fourth-order valence-electron chi connectivity index (χ4n) is 2.13. The maximum Gasteiger partial charge on any atom is 0.106 e. The Morgan fingerprint density at radius 2 is 2.07 bits per heavy atom. The van der Waals surface area contributed by atoms with Crippen molar-refractivity contribution in [1.29, 1.82) is 0 Å². The average Bonchev–Trinajstić information content (AvgIpc) is 2.99. The van der Waals surface area contributed by atoms with Crippen molar-refractivity contribution >= 4 is 0 Å². The summed E-state index contributed by atoms with van der Waals surface area (Å²) < 4.78 is 0. The van der Waals surface area contributed by atoms with Crippen molar-refractivity contribution in [3.05, 3.63) is 17.2 Å². The molecule has 84 valence electrons. The molecular weight excluding hydrogens is 184 g/mol. The zero-order valence-corrected chi connectivity index (χ0v) is 9.97. The van der Waals surface area contributed by atoms with Crippen molar-refractivity contribution in [3.8, 4) is 0 Å². The lowest BCUT2D eigenvalue weighted by Crippen LogP contribution is -1.89. The van der Waals surface area contributed by atoms with Crippen LogP contribution in [0.25, 0.3) is 0 Å². The number of nitrogens with one attached hydrogen (secondary N) is 1. The van der Waals surface area contributed by atoms with E-state index < -0.39 is 0 Å². The van der Waals surface area contributed by atoms with Crippen molar-refractivity contribution in [2.75, 3.05) is 0 Å². The van der Waals surface area contributed by atoms with Gasteiger partial charge in [0.15, 0.2) is 0 Å². The third-order valence-electron chi connectivity index (χ3n) is 3.20. The summed E-state index contributed by atoms with van der Waals surface area (Å²) in [5.74, 6) is 2.00. The monoisotopic (exact) mass is 206 g/mol. The van der Waals surface area contributed by atoms with Gasteiger partial charge in [-0.2, -0.15) is 0 Å². The largest absolute Gasteiger partial charge is 0.346 e. The molecule has 0 bridgehead atoms. The Hall–Kier alpha value is -0.790. The van der Waals surface area contributed by atoms with E-state index in [1.807, 2.05) is 0 Å². The van der Waals surface area contributed by atoms with Crippen molar-refractivity contribution in [3.63, 3.8) is 0 Å². The number of aryl methyl sites for hydroxylation is 2. The Morgan fingerprint density at radius 1 is 1.27 bits per heavy atom. The summed E-state index contributed by atoms with van der Waals surface area (Å²) >= 11 is 0. The summed E-state index contributed by atoms with van der Waals surface area (Å²) in [6, 6.07) is 0. The van der Waals surface area contributed by atoms with E-state index in [9.17, 15) is 0 Å². The van der Waals surface area contributed by atoms with Crippen LogP contribution in [0, 0.1) is 6.92 Å². The molecule has 0 aromatic carbocycles. The highest BCUT2D eigenvalue weighted by Crippen LogP contribution is 2.40. The van der Waals surface area contributed by atoms with Gasteiger partial charge in [-0.25, -0.2) is 4.98 Å². The molecule has 0 radical (unpaired) electrons. The van der Waals surface area contributed by atoms with Gasteiger partial charge >= 0.3 is 0 Å². The zero-order chi connectivity index (χ0) is 10.7. The molecule has 15 heavy (non-hydrogen) atoms. The third kappa shape index (κ3) is 2.83. The Balaban J connectivity index is 1.83. The number of imidazole rings is 1. The lowest BCUT2D eigenvalue weighted by molar-refractivity contribution is 0.654. The van der Waals surface area contributed by atoms with Gasteiger partial charge in [-0.3, -0.25) is 0 Å². The molecule has 1 aromatic heterocycles. The highest BCUT2D eigenvalue weighted by molar-refractivity contribution is 5.21. The first-order chi connectivity index (χ1) is 7.31. The molecule has 0 aliphatic heterocycles. The topological polar surface area (TPSA) is 28.7 Å². The lowest BCUT2D eigenvalue weighted by atomic mass is 10.1. The van der Waals surface area contributed by atoms with Gasteiger partial charge in [-0.15, -0.1) is 0 Å².